The zero-order chi connectivity index (χ0) is 16.5. The summed E-state index contributed by atoms with van der Waals surface area (Å²) < 4.78 is 10.5. The van der Waals surface area contributed by atoms with Crippen LogP contribution in [0, 0.1) is 11.3 Å². The molecule has 23 heavy (non-hydrogen) atoms. The van der Waals surface area contributed by atoms with Crippen molar-refractivity contribution in [2.75, 3.05) is 19.0 Å². The van der Waals surface area contributed by atoms with Gasteiger partial charge in [-0.25, -0.2) is 0 Å². The summed E-state index contributed by atoms with van der Waals surface area (Å²) in [5.74, 6) is 0.572. The van der Waals surface area contributed by atoms with Gasteiger partial charge in [-0.15, -0.1) is 11.8 Å². The molecule has 0 saturated carbocycles. The van der Waals surface area contributed by atoms with Crippen LogP contribution in [0.25, 0.3) is 0 Å². The third kappa shape index (κ3) is 6.23. The molecule has 0 amide bonds. The Morgan fingerprint density at radius 3 is 2.43 bits per heavy atom. The Morgan fingerprint density at radius 1 is 1.09 bits per heavy atom. The largest absolute Gasteiger partial charge is 0.490 e. The Bertz CT molecular complexity index is 680. The van der Waals surface area contributed by atoms with Gasteiger partial charge in [0.1, 0.15) is 19.0 Å². The number of hydrogen-bond donors (Lipinski definition) is 0. The molecule has 0 fully saturated rings. The number of benzene rings is 2. The predicted octanol–water partition coefficient (Wildman–Crippen LogP) is 3.93. The topological polar surface area (TPSA) is 59.3 Å². The molecule has 118 valence electrons. The highest BCUT2D eigenvalue weighted by atomic mass is 35.5. The normalized spacial score (nSPS) is 9.91. The number of esters is 1. The molecule has 6 heteroatoms. The lowest BCUT2D eigenvalue weighted by molar-refractivity contribution is -0.141. The molecule has 2 aromatic carbocycles. The second-order valence-electron chi connectivity index (χ2n) is 4.45. The molecule has 0 aliphatic rings. The lowest BCUT2D eigenvalue weighted by atomic mass is 10.2. The second kappa shape index (κ2) is 9.09. The SMILES string of the molecule is N#Cc1ccc(OCCOC(=O)CSc2ccc(Cl)cc2)cc1. The van der Waals surface area contributed by atoms with Crippen molar-refractivity contribution in [3.63, 3.8) is 0 Å². The molecule has 0 aliphatic heterocycles. The maximum atomic E-state index is 11.6. The van der Waals surface area contributed by atoms with Gasteiger partial charge in [0.25, 0.3) is 0 Å². The first-order valence-electron chi connectivity index (χ1n) is 6.84. The average Bonchev–Trinajstić information content (AvgIpc) is 2.59. The smallest absolute Gasteiger partial charge is 0.316 e. The van der Waals surface area contributed by atoms with Crippen molar-refractivity contribution in [1.82, 2.24) is 0 Å². The molecule has 0 bridgehead atoms. The highest BCUT2D eigenvalue weighted by Gasteiger charge is 2.04. The molecule has 0 heterocycles. The molecule has 0 saturated heterocycles. The van der Waals surface area contributed by atoms with Crippen LogP contribution in [0.4, 0.5) is 0 Å². The molecule has 0 atom stereocenters. The molecule has 2 aromatic rings. The number of nitrogens with zero attached hydrogens (tertiary/aromatic N) is 1. The molecule has 0 spiro atoms. The van der Waals surface area contributed by atoms with E-state index in [9.17, 15) is 4.79 Å². The van der Waals surface area contributed by atoms with E-state index in [1.807, 2.05) is 18.2 Å². The van der Waals surface area contributed by atoms with Crippen molar-refractivity contribution in [1.29, 1.82) is 5.26 Å². The van der Waals surface area contributed by atoms with Crippen LogP contribution in [0.3, 0.4) is 0 Å². The highest BCUT2D eigenvalue weighted by Crippen LogP contribution is 2.20. The Balaban J connectivity index is 1.62. The molecule has 0 aliphatic carbocycles. The first kappa shape index (κ1) is 17.2. The van der Waals surface area contributed by atoms with Crippen LogP contribution in [0.1, 0.15) is 5.56 Å². The van der Waals surface area contributed by atoms with Crippen LogP contribution in [-0.2, 0) is 9.53 Å². The fourth-order valence-electron chi connectivity index (χ4n) is 1.66. The lowest BCUT2D eigenvalue weighted by Crippen LogP contribution is -2.13. The Morgan fingerprint density at radius 2 is 1.78 bits per heavy atom. The number of ether oxygens (including phenoxy) is 2. The summed E-state index contributed by atoms with van der Waals surface area (Å²) in [6.45, 7) is 0.448. The molecule has 0 N–H and O–H groups in total. The molecule has 2 rings (SSSR count). The van der Waals surface area contributed by atoms with Gasteiger partial charge in [-0.3, -0.25) is 4.79 Å². The van der Waals surface area contributed by atoms with Crippen molar-refractivity contribution >= 4 is 29.3 Å². The van der Waals surface area contributed by atoms with Crippen LogP contribution in [-0.4, -0.2) is 24.9 Å². The van der Waals surface area contributed by atoms with Crippen LogP contribution < -0.4 is 4.74 Å². The van der Waals surface area contributed by atoms with Crippen molar-refractivity contribution in [3.8, 4) is 11.8 Å². The van der Waals surface area contributed by atoms with E-state index in [4.69, 9.17) is 26.3 Å². The Hall–Kier alpha value is -2.16. The van der Waals surface area contributed by atoms with E-state index >= 15 is 0 Å². The second-order valence-corrected chi connectivity index (χ2v) is 5.93. The highest BCUT2D eigenvalue weighted by molar-refractivity contribution is 8.00. The van der Waals surface area contributed by atoms with E-state index in [-0.39, 0.29) is 24.9 Å². The van der Waals surface area contributed by atoms with Crippen molar-refractivity contribution in [2.24, 2.45) is 0 Å². The third-order valence-corrected chi connectivity index (χ3v) is 4.01. The van der Waals surface area contributed by atoms with Crippen LogP contribution >= 0.6 is 23.4 Å². The van der Waals surface area contributed by atoms with Gasteiger partial charge in [-0.1, -0.05) is 11.6 Å². The predicted molar refractivity (Wildman–Crippen MR) is 89.8 cm³/mol. The maximum Gasteiger partial charge on any atom is 0.316 e. The standard InChI is InChI=1S/C17H14ClNO3S/c18-14-3-7-16(8-4-14)23-12-17(20)22-10-9-21-15-5-1-13(11-19)2-6-15/h1-8H,9-10,12H2. The van der Waals surface area contributed by atoms with E-state index in [0.717, 1.165) is 4.90 Å². The number of thioether (sulfide) groups is 1. The Kier molecular flexibility index (Phi) is 6.79. The molecular weight excluding hydrogens is 334 g/mol. The summed E-state index contributed by atoms with van der Waals surface area (Å²) in [6, 6.07) is 16.1. The molecular formula is C17H14ClNO3S. The van der Waals surface area contributed by atoms with E-state index in [2.05, 4.69) is 0 Å². The zero-order valence-corrected chi connectivity index (χ0v) is 13.8. The summed E-state index contributed by atoms with van der Waals surface area (Å²) in [5, 5.41) is 9.36. The average molecular weight is 348 g/mol. The van der Waals surface area contributed by atoms with E-state index < -0.39 is 0 Å². The van der Waals surface area contributed by atoms with Gasteiger partial charge in [0.15, 0.2) is 0 Å². The van der Waals surface area contributed by atoms with E-state index in [1.165, 1.54) is 11.8 Å². The third-order valence-electron chi connectivity index (χ3n) is 2.77. The number of hydrogen-bond acceptors (Lipinski definition) is 5. The van der Waals surface area contributed by atoms with Crippen molar-refractivity contribution in [3.05, 3.63) is 59.1 Å². The minimum absolute atomic E-state index is 0.181. The molecule has 0 radical (unpaired) electrons. The van der Waals surface area contributed by atoms with Crippen LogP contribution in [0.15, 0.2) is 53.4 Å². The van der Waals surface area contributed by atoms with Gasteiger partial charge >= 0.3 is 5.97 Å². The van der Waals surface area contributed by atoms with Gasteiger partial charge in [0.2, 0.25) is 0 Å². The molecule has 0 unspecified atom stereocenters. The summed E-state index contributed by atoms with van der Waals surface area (Å²) in [4.78, 5) is 12.6. The number of carbonyl (C=O) groups is 1. The Labute approximate surface area is 144 Å². The fourth-order valence-corrected chi connectivity index (χ4v) is 2.48. The minimum Gasteiger partial charge on any atom is -0.490 e. The fraction of sp³-hybridized carbons (Fsp3) is 0.176. The first-order chi connectivity index (χ1) is 11.2. The number of rotatable bonds is 7. The maximum absolute atomic E-state index is 11.6. The van der Waals surface area contributed by atoms with Crippen molar-refractivity contribution in [2.45, 2.75) is 4.90 Å². The van der Waals surface area contributed by atoms with Crippen LogP contribution in [0.2, 0.25) is 5.02 Å². The number of halogens is 1. The summed E-state index contributed by atoms with van der Waals surface area (Å²) in [7, 11) is 0. The monoisotopic (exact) mass is 347 g/mol. The molecule has 0 aromatic heterocycles. The van der Waals surface area contributed by atoms with Gasteiger partial charge in [0.05, 0.1) is 17.4 Å². The number of nitriles is 1. The number of carbonyl (C=O) groups excluding carboxylic acids is 1. The van der Waals surface area contributed by atoms with Gasteiger partial charge in [-0.2, -0.15) is 5.26 Å². The van der Waals surface area contributed by atoms with Crippen LogP contribution in [0.5, 0.6) is 5.75 Å². The quantitative estimate of drug-likeness (QED) is 0.431. The van der Waals surface area contributed by atoms with Crippen molar-refractivity contribution < 1.29 is 14.3 Å². The van der Waals surface area contributed by atoms with E-state index in [0.29, 0.717) is 16.3 Å². The first-order valence-corrected chi connectivity index (χ1v) is 8.20. The summed E-state index contributed by atoms with van der Waals surface area (Å²) in [5.41, 5.74) is 0.572. The zero-order valence-electron chi connectivity index (χ0n) is 12.2. The lowest BCUT2D eigenvalue weighted by Gasteiger charge is -2.07. The molecule has 4 nitrogen and oxygen atoms in total. The van der Waals surface area contributed by atoms with Gasteiger partial charge in [0, 0.05) is 9.92 Å². The summed E-state index contributed by atoms with van der Waals surface area (Å²) in [6.07, 6.45) is 0. The minimum atomic E-state index is -0.298. The summed E-state index contributed by atoms with van der Waals surface area (Å²) >= 11 is 7.19. The van der Waals surface area contributed by atoms with Gasteiger partial charge in [-0.05, 0) is 48.5 Å². The van der Waals surface area contributed by atoms with E-state index in [1.54, 1.807) is 36.4 Å². The van der Waals surface area contributed by atoms with Gasteiger partial charge < -0.3 is 9.47 Å².